The topological polar surface area (TPSA) is 32.3 Å². The first kappa shape index (κ1) is 13.4. The number of benzene rings is 1. The van der Waals surface area contributed by atoms with Crippen molar-refractivity contribution in [3.63, 3.8) is 0 Å². The second-order valence-corrected chi connectivity index (χ2v) is 5.52. The first-order chi connectivity index (χ1) is 8.72. The number of hydrogen-bond acceptors (Lipinski definition) is 2. The monoisotopic (exact) mass is 247 g/mol. The minimum Gasteiger partial charge on any atom is -0.508 e. The van der Waals surface area contributed by atoms with Gasteiger partial charge < -0.3 is 10.4 Å². The molecule has 1 aromatic carbocycles. The lowest BCUT2D eigenvalue weighted by Crippen LogP contribution is -2.35. The molecule has 0 heterocycles. The summed E-state index contributed by atoms with van der Waals surface area (Å²) >= 11 is 0. The number of phenolic OH excluding ortho intramolecular Hbond substituents is 1. The van der Waals surface area contributed by atoms with Crippen molar-refractivity contribution >= 4 is 0 Å². The molecule has 0 amide bonds. The van der Waals surface area contributed by atoms with Crippen molar-refractivity contribution in [2.24, 2.45) is 5.92 Å². The maximum absolute atomic E-state index is 9.95. The van der Waals surface area contributed by atoms with Gasteiger partial charge in [0.15, 0.2) is 0 Å². The Hall–Kier alpha value is -1.02. The molecule has 18 heavy (non-hydrogen) atoms. The Morgan fingerprint density at radius 1 is 1.28 bits per heavy atom. The van der Waals surface area contributed by atoms with Crippen molar-refractivity contribution in [1.29, 1.82) is 0 Å². The SMILES string of the molecule is CCC(NC(C)C1CCCC1)c1ccccc1O. The van der Waals surface area contributed by atoms with Crippen LogP contribution in [0.2, 0.25) is 0 Å². The maximum atomic E-state index is 9.95. The van der Waals surface area contributed by atoms with E-state index in [1.807, 2.05) is 18.2 Å². The van der Waals surface area contributed by atoms with E-state index in [0.29, 0.717) is 11.8 Å². The number of nitrogens with one attached hydrogen (secondary N) is 1. The van der Waals surface area contributed by atoms with Crippen molar-refractivity contribution in [1.82, 2.24) is 5.32 Å². The van der Waals surface area contributed by atoms with Crippen LogP contribution in [-0.4, -0.2) is 11.1 Å². The molecule has 2 nitrogen and oxygen atoms in total. The lowest BCUT2D eigenvalue weighted by molar-refractivity contribution is 0.333. The minimum absolute atomic E-state index is 0.266. The third-order valence-corrected chi connectivity index (χ3v) is 4.29. The number of aromatic hydroxyl groups is 1. The fourth-order valence-electron chi connectivity index (χ4n) is 3.12. The first-order valence-electron chi connectivity index (χ1n) is 7.26. The molecule has 0 saturated heterocycles. The predicted octanol–water partition coefficient (Wildman–Crippen LogP) is 4.01. The van der Waals surface area contributed by atoms with Crippen LogP contribution in [0, 0.1) is 5.92 Å². The Morgan fingerprint density at radius 3 is 2.56 bits per heavy atom. The second kappa shape index (κ2) is 6.24. The maximum Gasteiger partial charge on any atom is 0.120 e. The van der Waals surface area contributed by atoms with Crippen molar-refractivity contribution in [3.05, 3.63) is 29.8 Å². The van der Waals surface area contributed by atoms with E-state index in [1.54, 1.807) is 6.07 Å². The first-order valence-corrected chi connectivity index (χ1v) is 7.26. The van der Waals surface area contributed by atoms with Crippen LogP contribution in [0.4, 0.5) is 0 Å². The zero-order valence-electron chi connectivity index (χ0n) is 11.5. The zero-order valence-corrected chi connectivity index (χ0v) is 11.5. The molecule has 0 aromatic heterocycles. The van der Waals surface area contributed by atoms with Crippen LogP contribution in [0.15, 0.2) is 24.3 Å². The number of phenols is 1. The molecule has 100 valence electrons. The highest BCUT2D eigenvalue weighted by Crippen LogP contribution is 2.31. The molecule has 2 atom stereocenters. The van der Waals surface area contributed by atoms with E-state index in [1.165, 1.54) is 25.7 Å². The van der Waals surface area contributed by atoms with E-state index in [9.17, 15) is 5.11 Å². The summed E-state index contributed by atoms with van der Waals surface area (Å²) in [4.78, 5) is 0. The van der Waals surface area contributed by atoms with E-state index >= 15 is 0 Å². The van der Waals surface area contributed by atoms with Crippen LogP contribution in [0.3, 0.4) is 0 Å². The van der Waals surface area contributed by atoms with Crippen LogP contribution in [0.1, 0.15) is 57.6 Å². The Labute approximate surface area is 110 Å². The van der Waals surface area contributed by atoms with E-state index in [0.717, 1.165) is 17.9 Å². The van der Waals surface area contributed by atoms with Gasteiger partial charge in [-0.05, 0) is 38.2 Å². The predicted molar refractivity (Wildman–Crippen MR) is 75.7 cm³/mol. The van der Waals surface area contributed by atoms with Crippen LogP contribution < -0.4 is 5.32 Å². The van der Waals surface area contributed by atoms with Gasteiger partial charge >= 0.3 is 0 Å². The molecule has 0 radical (unpaired) electrons. The molecular weight excluding hydrogens is 222 g/mol. The van der Waals surface area contributed by atoms with Gasteiger partial charge in [0.25, 0.3) is 0 Å². The lowest BCUT2D eigenvalue weighted by Gasteiger charge is -2.27. The van der Waals surface area contributed by atoms with Crippen molar-refractivity contribution in [3.8, 4) is 5.75 Å². The Balaban J connectivity index is 2.02. The van der Waals surface area contributed by atoms with Gasteiger partial charge in [-0.15, -0.1) is 0 Å². The van der Waals surface area contributed by atoms with Gasteiger partial charge in [-0.3, -0.25) is 0 Å². The molecule has 0 aliphatic heterocycles. The van der Waals surface area contributed by atoms with E-state index in [2.05, 4.69) is 19.2 Å². The highest BCUT2D eigenvalue weighted by Gasteiger charge is 2.24. The molecule has 2 heteroatoms. The van der Waals surface area contributed by atoms with Gasteiger partial charge in [-0.25, -0.2) is 0 Å². The average Bonchev–Trinajstić information content (AvgIpc) is 2.90. The minimum atomic E-state index is 0.266. The Bertz CT molecular complexity index is 371. The summed E-state index contributed by atoms with van der Waals surface area (Å²) in [7, 11) is 0. The normalized spacial score (nSPS) is 19.9. The quantitative estimate of drug-likeness (QED) is 0.824. The van der Waals surface area contributed by atoms with Crippen LogP contribution in [0.5, 0.6) is 5.75 Å². The van der Waals surface area contributed by atoms with Gasteiger partial charge in [0.1, 0.15) is 5.75 Å². The highest BCUT2D eigenvalue weighted by molar-refractivity contribution is 5.34. The lowest BCUT2D eigenvalue weighted by atomic mass is 9.96. The molecule has 2 N–H and O–H groups in total. The number of para-hydroxylation sites is 1. The standard InChI is InChI=1S/C16H25NO/c1-3-15(14-10-6-7-11-16(14)18)17-12(2)13-8-4-5-9-13/h6-7,10-13,15,17-18H,3-5,8-9H2,1-2H3. The van der Waals surface area contributed by atoms with Gasteiger partial charge in [0.2, 0.25) is 0 Å². The van der Waals surface area contributed by atoms with Gasteiger partial charge in [0.05, 0.1) is 0 Å². The second-order valence-electron chi connectivity index (χ2n) is 5.52. The van der Waals surface area contributed by atoms with Crippen LogP contribution >= 0.6 is 0 Å². The van der Waals surface area contributed by atoms with E-state index < -0.39 is 0 Å². The molecule has 1 aromatic rings. The van der Waals surface area contributed by atoms with Crippen molar-refractivity contribution in [2.45, 2.75) is 58.0 Å². The molecule has 2 rings (SSSR count). The number of hydrogen-bond donors (Lipinski definition) is 2. The van der Waals surface area contributed by atoms with Crippen molar-refractivity contribution in [2.75, 3.05) is 0 Å². The third kappa shape index (κ3) is 3.05. The molecule has 1 aliphatic carbocycles. The largest absolute Gasteiger partial charge is 0.508 e. The fourth-order valence-corrected chi connectivity index (χ4v) is 3.12. The molecule has 1 fully saturated rings. The summed E-state index contributed by atoms with van der Waals surface area (Å²) in [5, 5.41) is 13.7. The zero-order chi connectivity index (χ0) is 13.0. The average molecular weight is 247 g/mol. The summed E-state index contributed by atoms with van der Waals surface area (Å²) in [5.41, 5.74) is 1.03. The fraction of sp³-hybridized carbons (Fsp3) is 0.625. The molecule has 2 unspecified atom stereocenters. The third-order valence-electron chi connectivity index (χ3n) is 4.29. The number of rotatable bonds is 5. The summed E-state index contributed by atoms with van der Waals surface area (Å²) in [6, 6.07) is 8.49. The van der Waals surface area contributed by atoms with E-state index in [4.69, 9.17) is 0 Å². The molecule has 0 spiro atoms. The highest BCUT2D eigenvalue weighted by atomic mass is 16.3. The molecular formula is C16H25NO. The van der Waals surface area contributed by atoms with E-state index in [-0.39, 0.29) is 6.04 Å². The molecule has 1 aliphatic rings. The smallest absolute Gasteiger partial charge is 0.120 e. The summed E-state index contributed by atoms with van der Waals surface area (Å²) < 4.78 is 0. The van der Waals surface area contributed by atoms with Crippen molar-refractivity contribution < 1.29 is 5.11 Å². The summed E-state index contributed by atoms with van der Waals surface area (Å²) in [6.45, 7) is 4.46. The Morgan fingerprint density at radius 2 is 1.94 bits per heavy atom. The van der Waals surface area contributed by atoms with Gasteiger partial charge in [-0.1, -0.05) is 38.0 Å². The summed E-state index contributed by atoms with van der Waals surface area (Å²) in [5.74, 6) is 1.22. The molecule has 0 bridgehead atoms. The Kier molecular flexibility index (Phi) is 4.65. The van der Waals surface area contributed by atoms with Gasteiger partial charge in [-0.2, -0.15) is 0 Å². The summed E-state index contributed by atoms with van der Waals surface area (Å²) in [6.07, 6.45) is 6.47. The van der Waals surface area contributed by atoms with Crippen LogP contribution in [0.25, 0.3) is 0 Å². The van der Waals surface area contributed by atoms with Gasteiger partial charge in [0, 0.05) is 17.6 Å². The van der Waals surface area contributed by atoms with Crippen LogP contribution in [-0.2, 0) is 0 Å². The molecule has 1 saturated carbocycles.